The second-order valence-electron chi connectivity index (χ2n) is 2.09. The van der Waals surface area contributed by atoms with Gasteiger partial charge in [-0.2, -0.15) is 0 Å². The average Bonchev–Trinajstić information content (AvgIpc) is 1.84. The lowest BCUT2D eigenvalue weighted by atomic mass is 10.3. The molecule has 0 heterocycles. The lowest BCUT2D eigenvalue weighted by Gasteiger charge is -2.20. The van der Waals surface area contributed by atoms with Gasteiger partial charge in [-0.3, -0.25) is 4.90 Å². The predicted octanol–water partition coefficient (Wildman–Crippen LogP) is -1.61. The van der Waals surface area contributed by atoms with Gasteiger partial charge in [0.1, 0.15) is 18.6 Å². The Labute approximate surface area is 54.3 Å². The molecule has 0 rings (SSSR count). The SMILES string of the molecule is CN(C)C(O)C(N)C=O. The minimum Gasteiger partial charge on any atom is -0.376 e. The molecule has 0 aliphatic heterocycles. The summed E-state index contributed by atoms with van der Waals surface area (Å²) in [6.45, 7) is 0. The molecule has 3 N–H and O–H groups in total. The van der Waals surface area contributed by atoms with E-state index in [-0.39, 0.29) is 0 Å². The second-order valence-corrected chi connectivity index (χ2v) is 2.09. The summed E-state index contributed by atoms with van der Waals surface area (Å²) >= 11 is 0. The summed E-state index contributed by atoms with van der Waals surface area (Å²) in [6.07, 6.45) is -0.354. The molecular weight excluding hydrogens is 120 g/mol. The third kappa shape index (κ3) is 2.55. The zero-order valence-electron chi connectivity index (χ0n) is 5.61. The van der Waals surface area contributed by atoms with E-state index >= 15 is 0 Å². The molecule has 0 aromatic carbocycles. The van der Waals surface area contributed by atoms with Gasteiger partial charge in [-0.05, 0) is 14.1 Å². The number of nitrogens with zero attached hydrogens (tertiary/aromatic N) is 1. The van der Waals surface area contributed by atoms with Gasteiger partial charge >= 0.3 is 0 Å². The van der Waals surface area contributed by atoms with Crippen LogP contribution in [0, 0.1) is 0 Å². The number of aliphatic hydroxyl groups is 1. The zero-order valence-corrected chi connectivity index (χ0v) is 5.61. The number of carbonyl (C=O) groups excluding carboxylic acids is 1. The topological polar surface area (TPSA) is 66.6 Å². The third-order valence-corrected chi connectivity index (χ3v) is 1.03. The first kappa shape index (κ1) is 8.55. The van der Waals surface area contributed by atoms with E-state index in [4.69, 9.17) is 10.8 Å². The van der Waals surface area contributed by atoms with Crippen molar-refractivity contribution in [2.75, 3.05) is 14.1 Å². The van der Waals surface area contributed by atoms with Crippen LogP contribution in [0.4, 0.5) is 0 Å². The van der Waals surface area contributed by atoms with Crippen molar-refractivity contribution < 1.29 is 9.90 Å². The summed E-state index contributed by atoms with van der Waals surface area (Å²) in [7, 11) is 3.29. The summed E-state index contributed by atoms with van der Waals surface area (Å²) in [5.41, 5.74) is 5.16. The molecule has 0 saturated heterocycles. The van der Waals surface area contributed by atoms with Crippen LogP contribution in [0.2, 0.25) is 0 Å². The molecule has 4 heteroatoms. The van der Waals surface area contributed by atoms with E-state index in [9.17, 15) is 4.79 Å². The fourth-order valence-electron chi connectivity index (χ4n) is 0.415. The Morgan fingerprint density at radius 3 is 2.22 bits per heavy atom. The Morgan fingerprint density at radius 2 is 2.11 bits per heavy atom. The van der Waals surface area contributed by atoms with Crippen molar-refractivity contribution in [3.8, 4) is 0 Å². The van der Waals surface area contributed by atoms with Crippen molar-refractivity contribution in [1.82, 2.24) is 4.90 Å². The molecule has 54 valence electrons. The van der Waals surface area contributed by atoms with Crippen LogP contribution in [0.25, 0.3) is 0 Å². The summed E-state index contributed by atoms with van der Waals surface area (Å²) in [6, 6.07) is -0.806. The minimum atomic E-state index is -0.873. The van der Waals surface area contributed by atoms with Crippen LogP contribution in [0.3, 0.4) is 0 Å². The fourth-order valence-corrected chi connectivity index (χ4v) is 0.415. The first-order chi connectivity index (χ1) is 4.09. The Balaban J connectivity index is 3.71. The van der Waals surface area contributed by atoms with Gasteiger partial charge in [0.05, 0.1) is 0 Å². The Hall–Kier alpha value is -0.450. The maximum Gasteiger partial charge on any atom is 0.140 e. The normalized spacial score (nSPS) is 17.4. The first-order valence-corrected chi connectivity index (χ1v) is 2.65. The first-order valence-electron chi connectivity index (χ1n) is 2.65. The number of carbonyl (C=O) groups is 1. The van der Waals surface area contributed by atoms with Crippen LogP contribution in [-0.2, 0) is 4.79 Å². The highest BCUT2D eigenvalue weighted by atomic mass is 16.3. The number of nitrogens with two attached hydrogens (primary N) is 1. The van der Waals surface area contributed by atoms with Gasteiger partial charge in [0.15, 0.2) is 0 Å². The molecule has 0 aliphatic carbocycles. The van der Waals surface area contributed by atoms with Gasteiger partial charge in [0.25, 0.3) is 0 Å². The van der Waals surface area contributed by atoms with Crippen molar-refractivity contribution in [2.45, 2.75) is 12.3 Å². The molecule has 0 fully saturated rings. The van der Waals surface area contributed by atoms with Crippen molar-refractivity contribution in [3.63, 3.8) is 0 Å². The highest BCUT2D eigenvalue weighted by Gasteiger charge is 2.14. The van der Waals surface area contributed by atoms with Gasteiger partial charge in [-0.15, -0.1) is 0 Å². The standard InChI is InChI=1S/C5H12N2O2/c1-7(2)5(9)4(6)3-8/h3-5,9H,6H2,1-2H3. The van der Waals surface area contributed by atoms with Gasteiger partial charge in [-0.1, -0.05) is 0 Å². The Kier molecular flexibility index (Phi) is 3.37. The summed E-state index contributed by atoms with van der Waals surface area (Å²) in [5.74, 6) is 0. The molecule has 2 unspecified atom stereocenters. The molecule has 2 atom stereocenters. The number of likely N-dealkylation sites (N-methyl/N-ethyl adjacent to an activating group) is 1. The van der Waals surface area contributed by atoms with Crippen LogP contribution in [0.15, 0.2) is 0 Å². The molecule has 0 aliphatic rings. The van der Waals surface area contributed by atoms with Crippen LogP contribution in [0.5, 0.6) is 0 Å². The monoisotopic (exact) mass is 132 g/mol. The van der Waals surface area contributed by atoms with E-state index < -0.39 is 12.3 Å². The lowest BCUT2D eigenvalue weighted by Crippen LogP contribution is -2.45. The van der Waals surface area contributed by atoms with Crippen LogP contribution in [-0.4, -0.2) is 42.7 Å². The second kappa shape index (κ2) is 3.55. The van der Waals surface area contributed by atoms with Gasteiger partial charge in [0.2, 0.25) is 0 Å². The smallest absolute Gasteiger partial charge is 0.140 e. The molecule has 4 nitrogen and oxygen atoms in total. The van der Waals surface area contributed by atoms with Crippen LogP contribution in [0.1, 0.15) is 0 Å². The van der Waals surface area contributed by atoms with E-state index in [1.54, 1.807) is 14.1 Å². The third-order valence-electron chi connectivity index (χ3n) is 1.03. The van der Waals surface area contributed by atoms with Gasteiger partial charge in [0, 0.05) is 0 Å². The van der Waals surface area contributed by atoms with Crippen LogP contribution >= 0.6 is 0 Å². The molecule has 0 radical (unpaired) electrons. The Morgan fingerprint density at radius 1 is 1.67 bits per heavy atom. The molecular formula is C5H12N2O2. The summed E-state index contributed by atoms with van der Waals surface area (Å²) in [4.78, 5) is 11.4. The maximum absolute atomic E-state index is 9.94. The molecule has 9 heavy (non-hydrogen) atoms. The molecule has 0 spiro atoms. The lowest BCUT2D eigenvalue weighted by molar-refractivity contribution is -0.113. The number of rotatable bonds is 3. The summed E-state index contributed by atoms with van der Waals surface area (Å²) < 4.78 is 0. The maximum atomic E-state index is 9.94. The minimum absolute atomic E-state index is 0.519. The highest BCUT2D eigenvalue weighted by Crippen LogP contribution is 1.89. The van der Waals surface area contributed by atoms with Crippen molar-refractivity contribution in [3.05, 3.63) is 0 Å². The molecule has 0 aromatic heterocycles. The number of hydrogen-bond donors (Lipinski definition) is 2. The molecule has 0 saturated carbocycles. The summed E-state index contributed by atoms with van der Waals surface area (Å²) in [5, 5.41) is 8.96. The van der Waals surface area contributed by atoms with E-state index in [0.717, 1.165) is 0 Å². The largest absolute Gasteiger partial charge is 0.376 e. The average molecular weight is 132 g/mol. The highest BCUT2D eigenvalue weighted by molar-refractivity contribution is 5.57. The van der Waals surface area contributed by atoms with E-state index in [1.165, 1.54) is 4.90 Å². The van der Waals surface area contributed by atoms with Crippen molar-refractivity contribution in [1.29, 1.82) is 0 Å². The molecule has 0 bridgehead atoms. The number of hydrogen-bond acceptors (Lipinski definition) is 4. The Bertz CT molecular complexity index is 95.0. The van der Waals surface area contributed by atoms with Crippen molar-refractivity contribution >= 4 is 6.29 Å². The van der Waals surface area contributed by atoms with Crippen LogP contribution < -0.4 is 5.73 Å². The zero-order chi connectivity index (χ0) is 7.44. The molecule has 0 amide bonds. The predicted molar refractivity (Wildman–Crippen MR) is 33.7 cm³/mol. The van der Waals surface area contributed by atoms with E-state index in [1.807, 2.05) is 0 Å². The van der Waals surface area contributed by atoms with Gasteiger partial charge in [-0.25, -0.2) is 0 Å². The van der Waals surface area contributed by atoms with E-state index in [0.29, 0.717) is 6.29 Å². The van der Waals surface area contributed by atoms with Gasteiger partial charge < -0.3 is 15.6 Å². The fraction of sp³-hybridized carbons (Fsp3) is 0.800. The van der Waals surface area contributed by atoms with Crippen molar-refractivity contribution in [2.24, 2.45) is 5.73 Å². The number of aliphatic hydroxyl groups excluding tert-OH is 1. The quantitative estimate of drug-likeness (QED) is 0.358. The molecule has 0 aromatic rings. The number of aldehydes is 1. The van der Waals surface area contributed by atoms with E-state index in [2.05, 4.69) is 0 Å².